The van der Waals surface area contributed by atoms with Gasteiger partial charge in [-0.15, -0.1) is 0 Å². The Morgan fingerprint density at radius 3 is 2.15 bits per heavy atom. The number of hydrogen-bond acceptors (Lipinski definition) is 8. The average molecular weight is 749 g/mol. The molecule has 2 heterocycles. The van der Waals surface area contributed by atoms with Crippen molar-refractivity contribution >= 4 is 39.2 Å². The van der Waals surface area contributed by atoms with Crippen molar-refractivity contribution in [3.05, 3.63) is 0 Å². The van der Waals surface area contributed by atoms with E-state index in [9.17, 15) is 32.4 Å². The molecular weight excluding hydrogens is 685 g/mol. The minimum absolute atomic E-state index is 0.0293. The number of urea groups is 1. The molecule has 0 spiro atoms. The molecule has 13 heteroatoms. The molecule has 0 unspecified atom stereocenters. The number of carbonyl (C=O) groups excluding carboxylic acids is 5. The van der Waals surface area contributed by atoms with Gasteiger partial charge >= 0.3 is 6.03 Å². The Morgan fingerprint density at radius 2 is 1.58 bits per heavy atom. The predicted octanol–water partition coefficient (Wildman–Crippen LogP) is 4.48. The van der Waals surface area contributed by atoms with Crippen molar-refractivity contribution in [3.8, 4) is 0 Å². The number of rotatable bonds is 15. The molecule has 5 aliphatic rings. The van der Waals surface area contributed by atoms with Crippen molar-refractivity contribution in [2.75, 3.05) is 25.5 Å². The highest BCUT2D eigenvalue weighted by Crippen LogP contribution is 2.65. The largest absolute Gasteiger partial charge is 0.381 e. The molecule has 2 saturated heterocycles. The fourth-order valence-corrected chi connectivity index (χ4v) is 11.3. The summed E-state index contributed by atoms with van der Waals surface area (Å²) in [5.41, 5.74) is -1.87. The van der Waals surface area contributed by atoms with Gasteiger partial charge in [-0.25, -0.2) is 13.2 Å². The molecule has 4 amide bonds. The number of nitrogens with one attached hydrogen (secondary N) is 3. The zero-order chi connectivity index (χ0) is 38.3. The molecule has 0 bridgehead atoms. The van der Waals surface area contributed by atoms with E-state index in [0.717, 1.165) is 38.5 Å². The Kier molecular flexibility index (Phi) is 12.0. The number of ether oxygens (including phenoxy) is 1. The highest BCUT2D eigenvalue weighted by atomic mass is 32.2. The molecule has 5 rings (SSSR count). The number of unbranched alkanes of at least 4 members (excludes halogenated alkanes) is 1. The van der Waals surface area contributed by atoms with Crippen molar-refractivity contribution < 1.29 is 37.1 Å². The van der Waals surface area contributed by atoms with E-state index in [-0.39, 0.29) is 47.2 Å². The Morgan fingerprint density at radius 1 is 0.942 bits per heavy atom. The second-order valence-corrected chi connectivity index (χ2v) is 21.1. The lowest BCUT2D eigenvalue weighted by atomic mass is 9.83. The summed E-state index contributed by atoms with van der Waals surface area (Å²) < 4.78 is 32.4. The Balaban J connectivity index is 1.33. The zero-order valence-corrected chi connectivity index (χ0v) is 33.4. The number of likely N-dealkylation sites (tertiary alicyclic amines) is 1. The number of piperidine rings is 1. The van der Waals surface area contributed by atoms with E-state index in [0.29, 0.717) is 58.3 Å². The van der Waals surface area contributed by atoms with Crippen molar-refractivity contribution in [2.24, 2.45) is 28.6 Å². The normalized spacial score (nSPS) is 27.4. The summed E-state index contributed by atoms with van der Waals surface area (Å²) in [6, 6.07) is -2.33. The molecule has 294 valence electrons. The van der Waals surface area contributed by atoms with E-state index in [1.54, 1.807) is 11.8 Å². The molecule has 0 radical (unpaired) electrons. The van der Waals surface area contributed by atoms with E-state index < -0.39 is 61.3 Å². The maximum atomic E-state index is 14.6. The monoisotopic (exact) mass is 748 g/mol. The summed E-state index contributed by atoms with van der Waals surface area (Å²) in [5, 5.41) is 8.79. The third-order valence-electron chi connectivity index (χ3n) is 13.0. The summed E-state index contributed by atoms with van der Waals surface area (Å²) >= 11 is 0. The smallest absolute Gasteiger partial charge is 0.315 e. The second-order valence-electron chi connectivity index (χ2n) is 18.6. The summed E-state index contributed by atoms with van der Waals surface area (Å²) in [5.74, 6) is -2.68. The first kappa shape index (κ1) is 40.6. The van der Waals surface area contributed by atoms with Gasteiger partial charge in [-0.05, 0) is 74.5 Å². The molecule has 0 aromatic heterocycles. The van der Waals surface area contributed by atoms with Crippen LogP contribution < -0.4 is 16.0 Å². The van der Waals surface area contributed by atoms with Crippen LogP contribution >= 0.6 is 0 Å². The van der Waals surface area contributed by atoms with Crippen LogP contribution in [-0.4, -0.2) is 96.7 Å². The van der Waals surface area contributed by atoms with Crippen LogP contribution in [0.4, 0.5) is 4.79 Å². The third kappa shape index (κ3) is 8.71. The van der Waals surface area contributed by atoms with Crippen LogP contribution in [0.2, 0.25) is 0 Å². The highest BCUT2D eigenvalue weighted by Gasteiger charge is 2.69. The van der Waals surface area contributed by atoms with Gasteiger partial charge in [0.1, 0.15) is 6.04 Å². The van der Waals surface area contributed by atoms with E-state index in [2.05, 4.69) is 29.8 Å². The fraction of sp³-hybridized carbons (Fsp3) is 0.872. The van der Waals surface area contributed by atoms with E-state index >= 15 is 0 Å². The van der Waals surface area contributed by atoms with E-state index in [4.69, 9.17) is 4.74 Å². The molecule has 0 aromatic rings. The zero-order valence-electron chi connectivity index (χ0n) is 32.6. The number of nitrogens with zero attached hydrogens (tertiary/aromatic N) is 1. The van der Waals surface area contributed by atoms with Crippen molar-refractivity contribution in [2.45, 2.75) is 160 Å². The van der Waals surface area contributed by atoms with Gasteiger partial charge in [0.2, 0.25) is 11.7 Å². The van der Waals surface area contributed by atoms with Gasteiger partial charge in [-0.2, -0.15) is 0 Å². The third-order valence-corrected chi connectivity index (χ3v) is 15.9. The standard InChI is InChI=1S/C39H64N4O8S/c1-8-9-13-25(31(45)33(46)40-26-14-15-26)22-28(44)30-29-27(37(29,5)6)23-43(30)34(47)32(36(2,3)4)41-35(48)42-39(16-11-10-12-17-39)24-52(49,50)38(7)18-20-51-21-19-38/h25-27,29-30,32H,8-24H2,1-7H3,(H,40,46)(H2,41,42,48)/t25-,27+,29+,30-,32-/m1/s1. The average Bonchev–Trinajstić information content (AvgIpc) is 3.92. The van der Waals surface area contributed by atoms with Crippen LogP contribution in [0.5, 0.6) is 0 Å². The van der Waals surface area contributed by atoms with Gasteiger partial charge in [0.15, 0.2) is 15.6 Å². The van der Waals surface area contributed by atoms with Crippen LogP contribution in [0.25, 0.3) is 0 Å². The van der Waals surface area contributed by atoms with Crippen molar-refractivity contribution in [1.29, 1.82) is 0 Å². The highest BCUT2D eigenvalue weighted by molar-refractivity contribution is 7.92. The number of carbonyl (C=O) groups is 5. The number of amides is 4. The van der Waals surface area contributed by atoms with E-state index in [1.807, 2.05) is 27.7 Å². The number of hydrogen-bond donors (Lipinski definition) is 3. The number of Topliss-reactive ketones (excluding diaryl/α,β-unsaturated/α-hetero) is 2. The summed E-state index contributed by atoms with van der Waals surface area (Å²) in [6.07, 6.45) is 7.94. The van der Waals surface area contributed by atoms with Gasteiger partial charge in [-0.3, -0.25) is 19.2 Å². The maximum absolute atomic E-state index is 14.6. The maximum Gasteiger partial charge on any atom is 0.315 e. The summed E-state index contributed by atoms with van der Waals surface area (Å²) in [7, 11) is -3.62. The molecule has 5 fully saturated rings. The molecule has 3 N–H and O–H groups in total. The molecular formula is C39H64N4O8S. The molecule has 2 aliphatic heterocycles. The van der Waals surface area contributed by atoms with Gasteiger partial charge in [-0.1, -0.05) is 73.6 Å². The molecule has 52 heavy (non-hydrogen) atoms. The SMILES string of the molecule is CCCC[C@H](CC(=O)[C@@H]1[C@@H]2[C@H](CN1C(=O)[C@@H](NC(=O)NC1(CS(=O)(=O)C3(C)CCOCC3)CCCCC1)C(C)(C)C)C2(C)C)C(=O)C(=O)NC1CC1. The van der Waals surface area contributed by atoms with Gasteiger partial charge < -0.3 is 25.6 Å². The predicted molar refractivity (Wildman–Crippen MR) is 198 cm³/mol. The Bertz CT molecular complexity index is 1490. The van der Waals surface area contributed by atoms with Crippen molar-refractivity contribution in [3.63, 3.8) is 0 Å². The fourth-order valence-electron chi connectivity index (χ4n) is 9.10. The first-order valence-electron chi connectivity index (χ1n) is 19.8. The number of fused-ring (bicyclic) bond motifs is 1. The number of ketones is 2. The molecule has 3 aliphatic carbocycles. The van der Waals surface area contributed by atoms with Crippen LogP contribution in [0.3, 0.4) is 0 Å². The van der Waals surface area contributed by atoms with Crippen LogP contribution in [0, 0.1) is 28.6 Å². The van der Waals surface area contributed by atoms with E-state index in [1.165, 1.54) is 0 Å². The lowest BCUT2D eigenvalue weighted by Gasteiger charge is -2.42. The summed E-state index contributed by atoms with van der Waals surface area (Å²) in [4.78, 5) is 70.5. The van der Waals surface area contributed by atoms with Crippen LogP contribution in [0.1, 0.15) is 132 Å². The molecule has 0 aromatic carbocycles. The molecule has 3 saturated carbocycles. The lowest BCUT2D eigenvalue weighted by molar-refractivity contribution is -0.145. The van der Waals surface area contributed by atoms with Gasteiger partial charge in [0.25, 0.3) is 5.91 Å². The van der Waals surface area contributed by atoms with Gasteiger partial charge in [0, 0.05) is 38.1 Å². The molecule has 12 nitrogen and oxygen atoms in total. The van der Waals surface area contributed by atoms with Crippen molar-refractivity contribution in [1.82, 2.24) is 20.9 Å². The first-order valence-corrected chi connectivity index (χ1v) is 21.5. The minimum Gasteiger partial charge on any atom is -0.381 e. The number of sulfone groups is 1. The second kappa shape index (κ2) is 15.3. The summed E-state index contributed by atoms with van der Waals surface area (Å²) in [6.45, 7) is 14.7. The quantitative estimate of drug-likeness (QED) is 0.206. The lowest BCUT2D eigenvalue weighted by Crippen LogP contribution is -2.63. The van der Waals surface area contributed by atoms with Gasteiger partial charge in [0.05, 0.1) is 22.1 Å². The Hall–Kier alpha value is -2.54. The Labute approximate surface area is 311 Å². The topological polar surface area (TPSA) is 168 Å². The minimum atomic E-state index is -3.62. The van der Waals surface area contributed by atoms with Crippen LogP contribution in [0.15, 0.2) is 0 Å². The van der Waals surface area contributed by atoms with Crippen LogP contribution in [-0.2, 0) is 33.8 Å². The molecule has 5 atom stereocenters. The first-order chi connectivity index (χ1) is 24.3.